The number of likely N-dealkylation sites (tertiary alicyclic amines) is 1. The number of hydrogen-bond donors (Lipinski definition) is 2. The van der Waals surface area contributed by atoms with Gasteiger partial charge in [-0.15, -0.1) is 0 Å². The molecule has 11 heteroatoms. The first-order chi connectivity index (χ1) is 20.0. The quantitative estimate of drug-likeness (QED) is 0.290. The van der Waals surface area contributed by atoms with Crippen molar-refractivity contribution in [2.24, 2.45) is 5.92 Å². The van der Waals surface area contributed by atoms with Crippen molar-refractivity contribution in [1.82, 2.24) is 10.2 Å². The van der Waals surface area contributed by atoms with Gasteiger partial charge in [-0.25, -0.2) is 0 Å². The Morgan fingerprint density at radius 3 is 2.71 bits per heavy atom. The predicted molar refractivity (Wildman–Crippen MR) is 150 cm³/mol. The third-order valence-electron chi connectivity index (χ3n) is 7.27. The molecule has 1 saturated heterocycles. The molecular weight excluding hydrogens is 532 g/mol. The summed E-state index contributed by atoms with van der Waals surface area (Å²) in [6.45, 7) is 5.15. The fourth-order valence-corrected chi connectivity index (χ4v) is 5.22. The predicted octanol–water partition coefficient (Wildman–Crippen LogP) is 2.31. The summed E-state index contributed by atoms with van der Waals surface area (Å²) in [6, 6.07) is 7.04. The Bertz CT molecular complexity index is 1240. The number of amides is 2. The van der Waals surface area contributed by atoms with Crippen LogP contribution in [-0.4, -0.2) is 87.4 Å². The van der Waals surface area contributed by atoms with Crippen molar-refractivity contribution in [2.75, 3.05) is 59.3 Å². The standard InChI is InChI=1S/C30H40N2O9/c1-2-39-30-21(10-15-37-17-18-38-16-14-33)23(24-20-40-25-8-4-3-7-22(25)28(24)35)19-26(41-30)29(36)31-11-6-13-32-12-5-9-27(32)34/h3-4,7-8,19-21,23,30,33H,2,5-6,9-18H2,1H3,(H,31,36)/t21-,23+,30-/m0/s1. The van der Waals surface area contributed by atoms with E-state index in [1.807, 2.05) is 11.8 Å². The molecule has 11 nitrogen and oxygen atoms in total. The minimum atomic E-state index is -0.793. The normalized spacial score (nSPS) is 20.7. The van der Waals surface area contributed by atoms with Crippen molar-refractivity contribution in [3.05, 3.63) is 58.2 Å². The molecule has 41 heavy (non-hydrogen) atoms. The zero-order chi connectivity index (χ0) is 29.0. The number of ether oxygens (including phenoxy) is 4. The molecule has 1 fully saturated rings. The molecule has 2 aliphatic rings. The van der Waals surface area contributed by atoms with Crippen LogP contribution in [0, 0.1) is 5.92 Å². The highest BCUT2D eigenvalue weighted by molar-refractivity contribution is 5.91. The van der Waals surface area contributed by atoms with E-state index in [2.05, 4.69) is 5.32 Å². The number of rotatable bonds is 16. The lowest BCUT2D eigenvalue weighted by molar-refractivity contribution is -0.168. The van der Waals surface area contributed by atoms with E-state index < -0.39 is 18.1 Å². The maximum absolute atomic E-state index is 13.6. The number of hydrogen-bond acceptors (Lipinski definition) is 9. The zero-order valence-electron chi connectivity index (χ0n) is 23.5. The lowest BCUT2D eigenvalue weighted by Crippen LogP contribution is -2.40. The monoisotopic (exact) mass is 572 g/mol. The zero-order valence-corrected chi connectivity index (χ0v) is 23.5. The van der Waals surface area contributed by atoms with Crippen molar-refractivity contribution in [2.45, 2.75) is 44.8 Å². The van der Waals surface area contributed by atoms with Gasteiger partial charge in [0, 0.05) is 56.7 Å². The third-order valence-corrected chi connectivity index (χ3v) is 7.27. The van der Waals surface area contributed by atoms with E-state index >= 15 is 0 Å². The van der Waals surface area contributed by atoms with Crippen LogP contribution in [0.4, 0.5) is 0 Å². The molecule has 0 aliphatic carbocycles. The number of aliphatic hydroxyl groups excluding tert-OH is 1. The van der Waals surface area contributed by atoms with Crippen molar-refractivity contribution in [1.29, 1.82) is 0 Å². The summed E-state index contributed by atoms with van der Waals surface area (Å²) < 4.78 is 28.8. The van der Waals surface area contributed by atoms with E-state index in [4.69, 9.17) is 28.5 Å². The largest absolute Gasteiger partial charge is 0.464 e. The van der Waals surface area contributed by atoms with Crippen LogP contribution < -0.4 is 10.7 Å². The van der Waals surface area contributed by atoms with E-state index in [0.717, 1.165) is 13.0 Å². The molecular formula is C30H40N2O9. The highest BCUT2D eigenvalue weighted by atomic mass is 16.7. The molecule has 2 amide bonds. The van der Waals surface area contributed by atoms with Gasteiger partial charge in [0.1, 0.15) is 5.58 Å². The summed E-state index contributed by atoms with van der Waals surface area (Å²) >= 11 is 0. The highest BCUT2D eigenvalue weighted by Gasteiger charge is 2.39. The van der Waals surface area contributed by atoms with Crippen molar-refractivity contribution in [3.8, 4) is 0 Å². The fourth-order valence-electron chi connectivity index (χ4n) is 5.22. The first kappa shape index (κ1) is 30.7. The molecule has 2 aliphatic heterocycles. The molecule has 3 heterocycles. The Morgan fingerprint density at radius 2 is 1.95 bits per heavy atom. The number of fused-ring (bicyclic) bond motifs is 1. The van der Waals surface area contributed by atoms with E-state index in [9.17, 15) is 14.4 Å². The molecule has 4 rings (SSSR count). The SMILES string of the molecule is CCO[C@H]1OC(C(=O)NCCCN2CCCC2=O)=C[C@@H](c2coc3ccccc3c2=O)[C@@H]1CCOCCOCCO. The van der Waals surface area contributed by atoms with Gasteiger partial charge in [0.25, 0.3) is 5.91 Å². The summed E-state index contributed by atoms with van der Waals surface area (Å²) in [5.41, 5.74) is 0.713. The van der Waals surface area contributed by atoms with Gasteiger partial charge in [0.15, 0.2) is 11.2 Å². The minimum absolute atomic E-state index is 0.0498. The van der Waals surface area contributed by atoms with E-state index in [0.29, 0.717) is 75.3 Å². The minimum Gasteiger partial charge on any atom is -0.464 e. The number of carbonyl (C=O) groups is 2. The Labute approximate surface area is 239 Å². The van der Waals surface area contributed by atoms with E-state index in [1.165, 1.54) is 6.26 Å². The van der Waals surface area contributed by atoms with Crippen molar-refractivity contribution in [3.63, 3.8) is 0 Å². The smallest absolute Gasteiger partial charge is 0.286 e. The van der Waals surface area contributed by atoms with Crippen LogP contribution in [0.2, 0.25) is 0 Å². The lowest BCUT2D eigenvalue weighted by atomic mass is 9.81. The summed E-state index contributed by atoms with van der Waals surface area (Å²) in [4.78, 5) is 40.4. The van der Waals surface area contributed by atoms with Gasteiger partial charge in [0.05, 0.1) is 38.1 Å². The Hall–Kier alpha value is -3.25. The number of benzene rings is 1. The van der Waals surface area contributed by atoms with Crippen LogP contribution in [0.1, 0.15) is 44.1 Å². The van der Waals surface area contributed by atoms with E-state index in [-0.39, 0.29) is 36.2 Å². The first-order valence-corrected chi connectivity index (χ1v) is 14.4. The molecule has 2 N–H and O–H groups in total. The van der Waals surface area contributed by atoms with Crippen LogP contribution in [0.3, 0.4) is 0 Å². The maximum atomic E-state index is 13.6. The molecule has 224 valence electrons. The van der Waals surface area contributed by atoms with Crippen LogP contribution in [0.25, 0.3) is 11.0 Å². The number of aliphatic hydroxyl groups is 1. The van der Waals surface area contributed by atoms with Gasteiger partial charge in [0.2, 0.25) is 12.2 Å². The molecule has 0 saturated carbocycles. The molecule has 0 unspecified atom stereocenters. The summed E-state index contributed by atoms with van der Waals surface area (Å²) in [5.74, 6) is -1.05. The number of nitrogens with one attached hydrogen (secondary N) is 1. The Kier molecular flexibility index (Phi) is 11.7. The fraction of sp³-hybridized carbons (Fsp3) is 0.567. The summed E-state index contributed by atoms with van der Waals surface area (Å²) in [6.07, 6.45) is 4.90. The van der Waals surface area contributed by atoms with Crippen LogP contribution in [0.5, 0.6) is 0 Å². The molecule has 0 spiro atoms. The Morgan fingerprint density at radius 1 is 1.15 bits per heavy atom. The second-order valence-corrected chi connectivity index (χ2v) is 10.0. The van der Waals surface area contributed by atoms with Crippen LogP contribution >= 0.6 is 0 Å². The van der Waals surface area contributed by atoms with Gasteiger partial charge in [-0.1, -0.05) is 12.1 Å². The van der Waals surface area contributed by atoms with Gasteiger partial charge in [-0.2, -0.15) is 0 Å². The Balaban J connectivity index is 1.51. The second kappa shape index (κ2) is 15.7. The summed E-state index contributed by atoms with van der Waals surface area (Å²) in [7, 11) is 0. The average molecular weight is 573 g/mol. The number of para-hydroxylation sites is 1. The lowest BCUT2D eigenvalue weighted by Gasteiger charge is -2.36. The van der Waals surface area contributed by atoms with E-state index in [1.54, 1.807) is 30.3 Å². The van der Waals surface area contributed by atoms with Crippen molar-refractivity contribution >= 4 is 22.8 Å². The topological polar surface area (TPSA) is 137 Å². The molecule has 0 radical (unpaired) electrons. The molecule has 3 atom stereocenters. The van der Waals surface area contributed by atoms with Gasteiger partial charge in [-0.3, -0.25) is 14.4 Å². The number of carbonyl (C=O) groups excluding carboxylic acids is 2. The second-order valence-electron chi connectivity index (χ2n) is 10.0. The van der Waals surface area contributed by atoms with Crippen LogP contribution in [-0.2, 0) is 28.5 Å². The third kappa shape index (κ3) is 8.16. The average Bonchev–Trinajstić information content (AvgIpc) is 3.40. The highest BCUT2D eigenvalue weighted by Crippen LogP contribution is 2.38. The van der Waals surface area contributed by atoms with Gasteiger partial charge >= 0.3 is 0 Å². The van der Waals surface area contributed by atoms with Crippen LogP contribution in [0.15, 0.2) is 51.6 Å². The number of allylic oxidation sites excluding steroid dienone is 1. The van der Waals surface area contributed by atoms with Gasteiger partial charge in [-0.05, 0) is 44.4 Å². The number of nitrogens with zero attached hydrogens (tertiary/aromatic N) is 1. The van der Waals surface area contributed by atoms with Crippen molar-refractivity contribution < 1.29 is 38.1 Å². The molecule has 1 aromatic heterocycles. The van der Waals surface area contributed by atoms with Gasteiger partial charge < -0.3 is 38.7 Å². The summed E-state index contributed by atoms with van der Waals surface area (Å²) in [5, 5.41) is 12.2. The molecule has 2 aromatic rings. The first-order valence-electron chi connectivity index (χ1n) is 14.4. The molecule has 0 bridgehead atoms. The maximum Gasteiger partial charge on any atom is 0.286 e. The molecule has 1 aromatic carbocycles.